The first-order valence-corrected chi connectivity index (χ1v) is 12.4. The second-order valence-corrected chi connectivity index (χ2v) is 9.15. The normalized spacial score (nSPS) is 13.3. The van der Waals surface area contributed by atoms with E-state index in [1.54, 1.807) is 35.6 Å². The van der Waals surface area contributed by atoms with Crippen LogP contribution in [-0.2, 0) is 22.3 Å². The second kappa shape index (κ2) is 12.0. The third-order valence-electron chi connectivity index (χ3n) is 5.19. The molecule has 0 fully saturated rings. The molecule has 1 heterocycles. The van der Waals surface area contributed by atoms with Crippen LogP contribution in [0.5, 0.6) is 0 Å². The Morgan fingerprint density at radius 3 is 2.38 bits per heavy atom. The topological polar surface area (TPSA) is 76.7 Å². The van der Waals surface area contributed by atoms with E-state index in [0.717, 1.165) is 48.4 Å². The van der Waals surface area contributed by atoms with Gasteiger partial charge in [-0.1, -0.05) is 19.8 Å². The first kappa shape index (κ1) is 24.2. The van der Waals surface area contributed by atoms with Gasteiger partial charge in [-0.05, 0) is 81.1 Å². The number of anilines is 2. The summed E-state index contributed by atoms with van der Waals surface area (Å²) < 4.78 is 10.5. The molecule has 0 saturated carbocycles. The highest BCUT2D eigenvalue weighted by Crippen LogP contribution is 2.37. The fourth-order valence-corrected chi connectivity index (χ4v) is 5.23. The SMILES string of the molecule is CCCOC(=O)c1ccc(NC(=S)Nc2sc3c(c2C(=O)OCC)CCCCCC3)cc1. The molecule has 0 atom stereocenters. The number of thiophene rings is 1. The maximum absolute atomic E-state index is 12.7. The number of thiocarbonyl (C=S) groups is 1. The molecular weight excluding hydrogens is 444 g/mol. The molecule has 6 nitrogen and oxygen atoms in total. The maximum atomic E-state index is 12.7. The van der Waals surface area contributed by atoms with E-state index >= 15 is 0 Å². The lowest BCUT2D eigenvalue weighted by atomic mass is 9.96. The van der Waals surface area contributed by atoms with E-state index < -0.39 is 0 Å². The van der Waals surface area contributed by atoms with Crippen LogP contribution in [0.3, 0.4) is 0 Å². The van der Waals surface area contributed by atoms with Crippen LogP contribution in [0.4, 0.5) is 10.7 Å². The van der Waals surface area contributed by atoms with Crippen molar-refractivity contribution < 1.29 is 19.1 Å². The average molecular weight is 475 g/mol. The Morgan fingerprint density at radius 1 is 0.969 bits per heavy atom. The van der Waals surface area contributed by atoms with Crippen LogP contribution in [0.1, 0.15) is 77.1 Å². The van der Waals surface area contributed by atoms with Crippen LogP contribution >= 0.6 is 23.6 Å². The molecule has 2 aromatic rings. The third-order valence-corrected chi connectivity index (χ3v) is 6.61. The summed E-state index contributed by atoms with van der Waals surface area (Å²) >= 11 is 7.10. The van der Waals surface area contributed by atoms with Crippen molar-refractivity contribution in [1.82, 2.24) is 0 Å². The molecule has 0 spiro atoms. The summed E-state index contributed by atoms with van der Waals surface area (Å²) in [4.78, 5) is 25.9. The van der Waals surface area contributed by atoms with Gasteiger partial charge in [-0.15, -0.1) is 11.3 Å². The van der Waals surface area contributed by atoms with Gasteiger partial charge in [-0.2, -0.15) is 0 Å². The van der Waals surface area contributed by atoms with Crippen LogP contribution < -0.4 is 10.6 Å². The van der Waals surface area contributed by atoms with Crippen molar-refractivity contribution in [1.29, 1.82) is 0 Å². The molecule has 1 aromatic carbocycles. The molecule has 3 rings (SSSR count). The number of hydrogen-bond donors (Lipinski definition) is 2. The smallest absolute Gasteiger partial charge is 0.341 e. The zero-order chi connectivity index (χ0) is 22.9. The van der Waals surface area contributed by atoms with E-state index in [1.807, 2.05) is 13.8 Å². The highest BCUT2D eigenvalue weighted by molar-refractivity contribution is 7.80. The second-order valence-electron chi connectivity index (χ2n) is 7.63. The first-order chi connectivity index (χ1) is 15.5. The van der Waals surface area contributed by atoms with Gasteiger partial charge in [0.2, 0.25) is 0 Å². The van der Waals surface area contributed by atoms with Gasteiger partial charge in [0.1, 0.15) is 5.00 Å². The lowest BCUT2D eigenvalue weighted by Gasteiger charge is -2.13. The number of nitrogens with one attached hydrogen (secondary N) is 2. The van der Waals surface area contributed by atoms with Gasteiger partial charge in [0.05, 0.1) is 24.3 Å². The minimum absolute atomic E-state index is 0.300. The molecule has 0 saturated heterocycles. The lowest BCUT2D eigenvalue weighted by Crippen LogP contribution is -2.20. The predicted molar refractivity (Wildman–Crippen MR) is 133 cm³/mol. The Hall–Kier alpha value is -2.45. The number of ether oxygens (including phenoxy) is 2. The number of carbonyl (C=O) groups excluding carboxylic acids is 2. The Kier molecular flexibility index (Phi) is 9.05. The van der Waals surface area contributed by atoms with Gasteiger partial charge in [0.15, 0.2) is 5.11 Å². The summed E-state index contributed by atoms with van der Waals surface area (Å²) in [5.74, 6) is -0.639. The van der Waals surface area contributed by atoms with E-state index in [2.05, 4.69) is 10.6 Å². The Balaban J connectivity index is 1.73. The molecule has 0 bridgehead atoms. The molecule has 1 aliphatic rings. The van der Waals surface area contributed by atoms with Crippen molar-refractivity contribution in [3.05, 3.63) is 45.8 Å². The molecule has 0 radical (unpaired) electrons. The molecule has 32 heavy (non-hydrogen) atoms. The summed E-state index contributed by atoms with van der Waals surface area (Å²) in [6, 6.07) is 6.95. The molecule has 2 N–H and O–H groups in total. The van der Waals surface area contributed by atoms with Crippen LogP contribution in [0.15, 0.2) is 24.3 Å². The fourth-order valence-electron chi connectivity index (χ4n) is 3.66. The van der Waals surface area contributed by atoms with Gasteiger partial charge in [0, 0.05) is 10.6 Å². The number of fused-ring (bicyclic) bond motifs is 1. The number of carbonyl (C=O) groups is 2. The molecule has 1 aliphatic carbocycles. The van der Waals surface area contributed by atoms with E-state index in [9.17, 15) is 9.59 Å². The zero-order valence-corrected chi connectivity index (χ0v) is 20.3. The van der Waals surface area contributed by atoms with Crippen molar-refractivity contribution >= 4 is 51.3 Å². The van der Waals surface area contributed by atoms with Gasteiger partial charge in [-0.3, -0.25) is 0 Å². The van der Waals surface area contributed by atoms with Crippen LogP contribution in [-0.4, -0.2) is 30.3 Å². The highest BCUT2D eigenvalue weighted by Gasteiger charge is 2.25. The van der Waals surface area contributed by atoms with Crippen molar-refractivity contribution in [2.24, 2.45) is 0 Å². The lowest BCUT2D eigenvalue weighted by molar-refractivity contribution is 0.0501. The quantitative estimate of drug-likeness (QED) is 0.379. The van der Waals surface area contributed by atoms with Crippen molar-refractivity contribution in [2.75, 3.05) is 23.8 Å². The minimum atomic E-state index is -0.339. The Morgan fingerprint density at radius 2 is 1.69 bits per heavy atom. The van der Waals surface area contributed by atoms with Gasteiger partial charge in [0.25, 0.3) is 0 Å². The van der Waals surface area contributed by atoms with Gasteiger partial charge in [-0.25, -0.2) is 9.59 Å². The molecule has 8 heteroatoms. The van der Waals surface area contributed by atoms with Gasteiger partial charge < -0.3 is 20.1 Å². The zero-order valence-electron chi connectivity index (χ0n) is 18.6. The Labute approximate surface area is 198 Å². The van der Waals surface area contributed by atoms with E-state index in [1.165, 1.54) is 17.7 Å². The summed E-state index contributed by atoms with van der Waals surface area (Å²) in [5, 5.41) is 7.44. The monoisotopic (exact) mass is 474 g/mol. The number of rotatable bonds is 7. The van der Waals surface area contributed by atoms with Crippen molar-refractivity contribution in [3.8, 4) is 0 Å². The average Bonchev–Trinajstić information content (AvgIpc) is 3.08. The summed E-state index contributed by atoms with van der Waals surface area (Å²) in [6.45, 7) is 4.50. The molecular formula is C24H30N2O4S2. The standard InChI is InChI=1S/C24H30N2O4S2/c1-3-15-30-22(27)16-11-13-17(14-12-16)25-24(31)26-21-20(23(28)29-4-2)18-9-7-5-6-8-10-19(18)32-21/h11-14H,3-10,15H2,1-2H3,(H2,25,26,31). The molecule has 1 aromatic heterocycles. The van der Waals surface area contributed by atoms with Crippen LogP contribution in [0, 0.1) is 0 Å². The van der Waals surface area contributed by atoms with Crippen molar-refractivity contribution in [2.45, 2.75) is 58.8 Å². The molecule has 0 amide bonds. The highest BCUT2D eigenvalue weighted by atomic mass is 32.1. The van der Waals surface area contributed by atoms with Gasteiger partial charge >= 0.3 is 11.9 Å². The maximum Gasteiger partial charge on any atom is 0.341 e. The largest absolute Gasteiger partial charge is 0.462 e. The van der Waals surface area contributed by atoms with Crippen LogP contribution in [0.25, 0.3) is 0 Å². The van der Waals surface area contributed by atoms with Crippen LogP contribution in [0.2, 0.25) is 0 Å². The summed E-state index contributed by atoms with van der Waals surface area (Å²) in [6.07, 6.45) is 7.25. The predicted octanol–water partition coefficient (Wildman–Crippen LogP) is 5.96. The fraction of sp³-hybridized carbons (Fsp3) is 0.458. The Bertz CT molecular complexity index is 954. The first-order valence-electron chi connectivity index (χ1n) is 11.2. The minimum Gasteiger partial charge on any atom is -0.462 e. The van der Waals surface area contributed by atoms with E-state index in [0.29, 0.717) is 29.5 Å². The number of aryl methyl sites for hydroxylation is 1. The summed E-state index contributed by atoms with van der Waals surface area (Å²) in [5.41, 5.74) is 2.95. The molecule has 0 unspecified atom stereocenters. The van der Waals surface area contributed by atoms with Crippen molar-refractivity contribution in [3.63, 3.8) is 0 Å². The molecule has 0 aliphatic heterocycles. The van der Waals surface area contributed by atoms with E-state index in [4.69, 9.17) is 21.7 Å². The summed E-state index contributed by atoms with van der Waals surface area (Å²) in [7, 11) is 0. The third kappa shape index (κ3) is 6.29. The van der Waals surface area contributed by atoms with E-state index in [-0.39, 0.29) is 11.9 Å². The number of esters is 2. The number of benzene rings is 1. The number of hydrogen-bond acceptors (Lipinski definition) is 6. The molecule has 172 valence electrons.